The number of aryl methyl sites for hydroxylation is 1. The molecule has 5 N–H and O–H groups in total. The van der Waals surface area contributed by atoms with Gasteiger partial charge in [-0.1, -0.05) is 56.6 Å². The van der Waals surface area contributed by atoms with E-state index < -0.39 is 41.6 Å². The Morgan fingerprint density at radius 1 is 0.846 bits per heavy atom. The second kappa shape index (κ2) is 15.8. The molecule has 1 aliphatic rings. The van der Waals surface area contributed by atoms with E-state index in [1.807, 2.05) is 39.0 Å². The number of nitrogens with one attached hydrogen (secondary N) is 5. The van der Waals surface area contributed by atoms with E-state index in [1.54, 1.807) is 54.6 Å². The Morgan fingerprint density at radius 2 is 1.52 bits per heavy atom. The van der Waals surface area contributed by atoms with Gasteiger partial charge >= 0.3 is 24.0 Å². The maximum absolute atomic E-state index is 12.9. The van der Waals surface area contributed by atoms with Crippen molar-refractivity contribution in [3.63, 3.8) is 0 Å². The molecule has 0 saturated heterocycles. The van der Waals surface area contributed by atoms with Gasteiger partial charge in [-0.3, -0.25) is 14.4 Å². The van der Waals surface area contributed by atoms with E-state index in [2.05, 4.69) is 41.5 Å². The average molecular weight is 739 g/mol. The minimum atomic E-state index is -4.60. The van der Waals surface area contributed by atoms with Crippen molar-refractivity contribution >= 4 is 52.6 Å². The summed E-state index contributed by atoms with van der Waals surface area (Å²) in [5, 5.41) is 14.7. The number of amides is 3. The van der Waals surface area contributed by atoms with Gasteiger partial charge in [0.05, 0.1) is 5.54 Å². The summed E-state index contributed by atoms with van der Waals surface area (Å²) < 4.78 is 43.6. The molecule has 16 heteroatoms. The van der Waals surface area contributed by atoms with Crippen molar-refractivity contribution in [2.75, 3.05) is 35.6 Å². The number of hydrogen-bond acceptors (Lipinski definition) is 9. The van der Waals surface area contributed by atoms with E-state index in [0.29, 0.717) is 22.0 Å². The van der Waals surface area contributed by atoms with Gasteiger partial charge in [0.15, 0.2) is 6.61 Å². The van der Waals surface area contributed by atoms with Gasteiger partial charge in [0.1, 0.15) is 0 Å². The van der Waals surface area contributed by atoms with Crippen LogP contribution in [0.3, 0.4) is 0 Å². The molecule has 1 fully saturated rings. The van der Waals surface area contributed by atoms with E-state index >= 15 is 0 Å². The molecule has 4 aromatic rings. The molecule has 1 heterocycles. The molecule has 0 bridgehead atoms. The Hall–Kier alpha value is -5.44. The Bertz CT molecular complexity index is 1900. The van der Waals surface area contributed by atoms with Crippen molar-refractivity contribution in [3.8, 4) is 6.01 Å². The lowest BCUT2D eigenvalue weighted by Crippen LogP contribution is -2.44. The summed E-state index contributed by atoms with van der Waals surface area (Å²) in [5.41, 5.74) is 2.12. The van der Waals surface area contributed by atoms with Gasteiger partial charge in [0, 0.05) is 35.1 Å². The van der Waals surface area contributed by atoms with Gasteiger partial charge in [0.25, 0.3) is 5.91 Å². The van der Waals surface area contributed by atoms with Crippen LogP contribution in [0, 0.1) is 5.41 Å². The monoisotopic (exact) mass is 738 g/mol. The molecule has 1 saturated carbocycles. The van der Waals surface area contributed by atoms with Crippen LogP contribution in [0.1, 0.15) is 55.1 Å². The zero-order valence-electron chi connectivity index (χ0n) is 28.7. The zero-order chi connectivity index (χ0) is 37.5. The molecule has 0 atom stereocenters. The first-order valence-electron chi connectivity index (χ1n) is 16.5. The van der Waals surface area contributed by atoms with Gasteiger partial charge in [0.2, 0.25) is 11.9 Å². The number of benzene rings is 3. The lowest BCUT2D eigenvalue weighted by molar-refractivity contribution is -0.154. The Morgan fingerprint density at radius 3 is 2.17 bits per heavy atom. The van der Waals surface area contributed by atoms with Crippen molar-refractivity contribution in [1.29, 1.82) is 0 Å². The second-order valence-electron chi connectivity index (χ2n) is 13.1. The predicted octanol–water partition coefficient (Wildman–Crippen LogP) is 6.38. The largest absolute Gasteiger partial charge is 0.454 e. The van der Waals surface area contributed by atoms with Crippen LogP contribution in [-0.4, -0.2) is 58.5 Å². The molecule has 0 radical (unpaired) electrons. The molecule has 12 nitrogen and oxygen atoms in total. The highest BCUT2D eigenvalue weighted by Gasteiger charge is 2.45. The molecule has 1 aliphatic carbocycles. The summed E-state index contributed by atoms with van der Waals surface area (Å²) in [6.45, 7) is 4.36. The Balaban J connectivity index is 1.17. The number of carbonyl (C=O) groups excluding carboxylic acids is 3. The number of halogens is 4. The second-order valence-corrected chi connectivity index (χ2v) is 13.6. The van der Waals surface area contributed by atoms with Crippen molar-refractivity contribution < 1.29 is 32.3 Å². The highest BCUT2D eigenvalue weighted by atomic mass is 35.5. The first-order valence-corrected chi connectivity index (χ1v) is 16.8. The van der Waals surface area contributed by atoms with Crippen molar-refractivity contribution in [2.24, 2.45) is 5.41 Å². The normalized spacial score (nSPS) is 13.4. The average Bonchev–Trinajstić information content (AvgIpc) is 3.89. The lowest BCUT2D eigenvalue weighted by Gasteiger charge is -2.25. The summed E-state index contributed by atoms with van der Waals surface area (Å²) in [6.07, 6.45) is -2.34. The van der Waals surface area contributed by atoms with Crippen LogP contribution >= 0.6 is 11.6 Å². The molecule has 5 rings (SSSR count). The summed E-state index contributed by atoms with van der Waals surface area (Å²) in [6, 6.07) is 20.2. The topological polar surface area (TPSA) is 159 Å². The van der Waals surface area contributed by atoms with Crippen LogP contribution in [0.15, 0.2) is 72.8 Å². The Labute approximate surface area is 303 Å². The van der Waals surface area contributed by atoms with Crippen molar-refractivity contribution in [2.45, 2.75) is 51.7 Å². The molecule has 3 amide bonds. The molecule has 3 aromatic carbocycles. The number of hydrogen-bond donors (Lipinski definition) is 5. The minimum absolute atomic E-state index is 0.0133. The first kappa shape index (κ1) is 37.8. The van der Waals surface area contributed by atoms with E-state index in [4.69, 9.17) is 16.3 Å². The Kier molecular flexibility index (Phi) is 11.5. The summed E-state index contributed by atoms with van der Waals surface area (Å²) in [5.74, 6) is -2.03. The smallest absolute Gasteiger partial charge is 0.422 e. The molecule has 52 heavy (non-hydrogen) atoms. The molecular weight excluding hydrogens is 701 g/mol. The van der Waals surface area contributed by atoms with Crippen molar-refractivity contribution in [3.05, 3.63) is 94.5 Å². The SMILES string of the molecule is CCc1cccc(NC(=O)C(=O)NCC(C)(C)CNC(=O)c2ccc(Nc3nc(NC4(c5ccc(Cl)cc5)CC4)nc(OCC(F)(F)F)n3)cc2)c1. The number of anilines is 4. The van der Waals surface area contributed by atoms with Crippen LogP contribution in [0.5, 0.6) is 6.01 Å². The van der Waals surface area contributed by atoms with E-state index in [9.17, 15) is 27.6 Å². The fourth-order valence-electron chi connectivity index (χ4n) is 5.05. The minimum Gasteiger partial charge on any atom is -0.454 e. The number of ether oxygens (including phenoxy) is 1. The van der Waals surface area contributed by atoms with E-state index in [1.165, 1.54) is 0 Å². The number of nitrogens with zero attached hydrogens (tertiary/aromatic N) is 3. The van der Waals surface area contributed by atoms with Gasteiger partial charge < -0.3 is 31.3 Å². The quantitative estimate of drug-likeness (QED) is 0.0925. The van der Waals surface area contributed by atoms with Crippen molar-refractivity contribution in [1.82, 2.24) is 25.6 Å². The number of aromatic nitrogens is 3. The highest BCUT2D eigenvalue weighted by Crippen LogP contribution is 2.48. The maximum atomic E-state index is 12.9. The molecule has 0 unspecified atom stereocenters. The van der Waals surface area contributed by atoms with Crippen LogP contribution in [0.25, 0.3) is 0 Å². The number of alkyl halides is 3. The predicted molar refractivity (Wildman–Crippen MR) is 191 cm³/mol. The van der Waals surface area contributed by atoms with Crippen LogP contribution in [0.2, 0.25) is 5.02 Å². The number of carbonyl (C=O) groups is 3. The standard InChI is InChI=1S/C36H38ClF3N8O4/c1-4-22-6-5-7-27(18-22)43-30(51)29(50)42-20-34(2,3)19-41-28(49)23-8-14-26(15-9-23)44-31-45-32(47-33(46-31)52-21-36(38,39)40)48-35(16-17-35)24-10-12-25(37)13-11-24/h5-15,18H,4,16-17,19-21H2,1-3H3,(H,41,49)(H,42,50)(H,43,51)(H2,44,45,46,47,48). The molecule has 0 aliphatic heterocycles. The fraction of sp³-hybridized carbons (Fsp3) is 0.333. The third-order valence-electron chi connectivity index (χ3n) is 8.14. The molecule has 274 valence electrons. The van der Waals surface area contributed by atoms with Crippen LogP contribution < -0.4 is 31.3 Å². The summed E-state index contributed by atoms with van der Waals surface area (Å²) in [4.78, 5) is 50.2. The molecular formula is C36H38ClF3N8O4. The van der Waals surface area contributed by atoms with Gasteiger partial charge in [-0.05, 0) is 84.3 Å². The zero-order valence-corrected chi connectivity index (χ0v) is 29.4. The lowest BCUT2D eigenvalue weighted by atomic mass is 9.93. The summed E-state index contributed by atoms with van der Waals surface area (Å²) >= 11 is 6.03. The van der Waals surface area contributed by atoms with Gasteiger partial charge in [-0.15, -0.1) is 0 Å². The fourth-order valence-corrected chi connectivity index (χ4v) is 5.17. The first-order chi connectivity index (χ1) is 24.6. The number of rotatable bonds is 14. The molecule has 1 aromatic heterocycles. The van der Waals surface area contributed by atoms with E-state index in [0.717, 1.165) is 30.4 Å². The highest BCUT2D eigenvalue weighted by molar-refractivity contribution is 6.39. The van der Waals surface area contributed by atoms with E-state index in [-0.39, 0.29) is 30.9 Å². The summed E-state index contributed by atoms with van der Waals surface area (Å²) in [7, 11) is 0. The van der Waals surface area contributed by atoms with Gasteiger partial charge in [-0.2, -0.15) is 28.1 Å². The maximum Gasteiger partial charge on any atom is 0.422 e. The molecule has 0 spiro atoms. The van der Waals surface area contributed by atoms with Crippen LogP contribution in [-0.2, 0) is 21.5 Å². The van der Waals surface area contributed by atoms with Crippen LogP contribution in [0.4, 0.5) is 36.4 Å². The third-order valence-corrected chi connectivity index (χ3v) is 8.39. The third kappa shape index (κ3) is 10.8. The van der Waals surface area contributed by atoms with Gasteiger partial charge in [-0.25, -0.2) is 0 Å².